The summed E-state index contributed by atoms with van der Waals surface area (Å²) in [5.74, 6) is 16.1. The van der Waals surface area contributed by atoms with E-state index in [0.29, 0.717) is 61.0 Å². The van der Waals surface area contributed by atoms with Crippen LogP contribution in [0.2, 0.25) is 67.5 Å². The molecule has 0 radical (unpaired) electrons. The predicted molar refractivity (Wildman–Crippen MR) is 363 cm³/mol. The van der Waals surface area contributed by atoms with Crippen LogP contribution in [0.25, 0.3) is 67.4 Å². The van der Waals surface area contributed by atoms with Crippen LogP contribution in [0.15, 0.2) is 72.8 Å². The van der Waals surface area contributed by atoms with Crippen LogP contribution in [-0.2, 0) is 0 Å². The van der Waals surface area contributed by atoms with Crippen LogP contribution < -0.4 is 0 Å². The quantitative estimate of drug-likeness (QED) is 0.0688. The Balaban J connectivity index is 1.62. The zero-order valence-corrected chi connectivity index (χ0v) is 56.6. The molecule has 0 N–H and O–H groups in total. The van der Waals surface area contributed by atoms with Crippen molar-refractivity contribution in [1.82, 2.24) is 0 Å². The summed E-state index contributed by atoms with van der Waals surface area (Å²) in [4.78, 5) is 0. The lowest BCUT2D eigenvalue weighted by Gasteiger charge is -2.38. The van der Waals surface area contributed by atoms with E-state index < -0.39 is 32.3 Å². The second kappa shape index (κ2) is 23.6. The highest BCUT2D eigenvalue weighted by Gasteiger charge is 2.44. The minimum absolute atomic E-state index is 0.526. The third-order valence-corrected chi connectivity index (χ3v) is 44.3. The summed E-state index contributed by atoms with van der Waals surface area (Å²) in [6, 6.07) is 27.8. The molecule has 78 heavy (non-hydrogen) atoms. The molecule has 0 heterocycles. The van der Waals surface area contributed by atoms with Crippen molar-refractivity contribution in [2.45, 2.75) is 220 Å². The Hall–Kier alpha value is -5.05. The Kier molecular flexibility index (Phi) is 18.3. The van der Waals surface area contributed by atoms with Gasteiger partial charge < -0.3 is 0 Å². The number of benzene rings is 6. The molecule has 7 rings (SSSR count). The average molecular weight is 1100 g/mol. The van der Waals surface area contributed by atoms with Gasteiger partial charge in [-0.05, 0) is 151 Å². The molecule has 1 aliphatic rings. The van der Waals surface area contributed by atoms with Crippen molar-refractivity contribution in [2.24, 2.45) is 0 Å². The molecule has 6 aromatic carbocycles. The molecule has 4 heteroatoms. The van der Waals surface area contributed by atoms with Crippen LogP contribution >= 0.6 is 0 Å². The maximum atomic E-state index is 4.18. The largest absolute Gasteiger partial charge is 0.146 e. The molecule has 0 unspecified atom stereocenters. The highest BCUT2D eigenvalue weighted by Crippen LogP contribution is 2.46. The fraction of sp³-hybridized carbons (Fsp3) is 0.459. The van der Waals surface area contributed by atoms with Crippen molar-refractivity contribution in [2.75, 3.05) is 0 Å². The Bertz CT molecular complexity index is 3500. The van der Waals surface area contributed by atoms with Crippen molar-refractivity contribution in [1.29, 1.82) is 0 Å². The van der Waals surface area contributed by atoms with Gasteiger partial charge in [0.1, 0.15) is 32.3 Å². The molecule has 6 aromatic rings. The Labute approximate surface area is 479 Å². The monoisotopic (exact) mass is 1100 g/mol. The lowest BCUT2D eigenvalue weighted by atomic mass is 9.87. The van der Waals surface area contributed by atoms with Crippen molar-refractivity contribution < 1.29 is 0 Å². The molecule has 0 saturated carbocycles. The molecule has 0 aliphatic heterocycles. The van der Waals surface area contributed by atoms with Crippen molar-refractivity contribution in [3.8, 4) is 45.9 Å². The lowest BCUT2D eigenvalue weighted by Crippen LogP contribution is -2.43. The minimum Gasteiger partial charge on any atom is -0.126 e. The molecule has 0 atom stereocenters. The van der Waals surface area contributed by atoms with Crippen LogP contribution in [-0.4, -0.2) is 32.3 Å². The zero-order valence-electron chi connectivity index (χ0n) is 52.6. The van der Waals surface area contributed by atoms with E-state index in [-0.39, 0.29) is 0 Å². The fourth-order valence-electron chi connectivity index (χ4n) is 15.0. The second-order valence-corrected chi connectivity index (χ2v) is 49.0. The SMILES string of the molecule is CC(C)[Si](C)(C#Cc1c2ccccc2c(C#C[Si](C(C)C)(C(C)C)C(C)C)c2cc3c(cc12)/C=C\c1cc2c(C#C[Si](C(C)C)(C(C)C)C(C)C)c4ccccc4c(C#C[Si](C(C)C)(C(C)C)C(C)C)c2cc1/C=C\3)C(C)C. The first kappa shape index (κ1) is 60.6. The van der Waals surface area contributed by atoms with E-state index >= 15 is 0 Å². The first-order valence-electron chi connectivity index (χ1n) is 30.2. The van der Waals surface area contributed by atoms with Crippen LogP contribution in [0.4, 0.5) is 0 Å². The van der Waals surface area contributed by atoms with Crippen molar-refractivity contribution in [3.05, 3.63) is 117 Å². The summed E-state index contributed by atoms with van der Waals surface area (Å²) in [6.07, 6.45) is 9.47. The van der Waals surface area contributed by atoms with Crippen LogP contribution in [0.5, 0.6) is 0 Å². The Morgan fingerprint density at radius 3 is 0.628 bits per heavy atom. The van der Waals surface area contributed by atoms with Gasteiger partial charge in [0.25, 0.3) is 0 Å². The third kappa shape index (κ3) is 10.6. The van der Waals surface area contributed by atoms with Gasteiger partial charge >= 0.3 is 0 Å². The molecule has 0 spiro atoms. The maximum absolute atomic E-state index is 4.18. The molecular weight excluding hydrogens is 1000 g/mol. The maximum Gasteiger partial charge on any atom is 0.146 e. The molecule has 0 aromatic heterocycles. The topological polar surface area (TPSA) is 0 Å². The standard InChI is InChI=1S/C74H96Si4/c1-48(2)75(23,49(3)4)40-36-67-63-28-24-25-29-64(63)68(37-41-76(50(5)6,51(7)8)52(9)10)72-45-60-34-35-62-47-74-70(39-43-78(56(17)18,57(19)20)58(21)22)66-31-27-26-30-65(66)69(38-42-77(53(11)12,54(13)14)55(15)16)73(74)46-61(62)33-32-59(60)44-71(67)72/h24-35,44-58H,1-23H3/b33-32-,35-34-,59-32?,60-34?,61-33?,62-35?. The second-order valence-electron chi connectivity index (χ2n) is 27.1. The molecule has 0 amide bonds. The van der Waals surface area contributed by atoms with Crippen molar-refractivity contribution in [3.63, 3.8) is 0 Å². The summed E-state index contributed by atoms with van der Waals surface area (Å²) >= 11 is 0. The van der Waals surface area contributed by atoms with E-state index in [0.717, 1.165) is 22.3 Å². The normalized spacial score (nSPS) is 14.1. The Morgan fingerprint density at radius 2 is 0.449 bits per heavy atom. The van der Waals surface area contributed by atoms with Crippen LogP contribution in [0, 0.1) is 45.9 Å². The molecule has 0 saturated heterocycles. The van der Waals surface area contributed by atoms with Gasteiger partial charge in [0.2, 0.25) is 0 Å². The van der Waals surface area contributed by atoms with Gasteiger partial charge in [-0.3, -0.25) is 0 Å². The summed E-state index contributed by atoms with van der Waals surface area (Å²) in [5, 5.41) is 9.61. The van der Waals surface area contributed by atoms with Gasteiger partial charge in [-0.15, -0.1) is 22.2 Å². The van der Waals surface area contributed by atoms with Crippen LogP contribution in [0.1, 0.15) is 197 Å². The van der Waals surface area contributed by atoms with Gasteiger partial charge in [-0.2, -0.15) is 0 Å². The van der Waals surface area contributed by atoms with Gasteiger partial charge in [-0.25, -0.2) is 0 Å². The molecule has 408 valence electrons. The number of rotatable bonds is 11. The number of hydrogen-bond donors (Lipinski definition) is 0. The van der Waals surface area contributed by atoms with Gasteiger partial charge in [0, 0.05) is 22.3 Å². The van der Waals surface area contributed by atoms with E-state index in [1.165, 1.54) is 65.3 Å². The first-order chi connectivity index (χ1) is 36.6. The fourth-order valence-corrected chi connectivity index (χ4v) is 32.9. The number of fused-ring (bicyclic) bond motifs is 6. The first-order valence-corrected chi connectivity index (χ1v) is 39.5. The van der Waals surface area contributed by atoms with E-state index in [2.05, 4.69) is 302 Å². The molecule has 0 fully saturated rings. The summed E-state index contributed by atoms with van der Waals surface area (Å²) in [5.41, 5.74) is 31.7. The van der Waals surface area contributed by atoms with Gasteiger partial charge in [-0.1, -0.05) is 255 Å². The van der Waals surface area contributed by atoms with Crippen LogP contribution in [0.3, 0.4) is 0 Å². The van der Waals surface area contributed by atoms with E-state index in [4.69, 9.17) is 0 Å². The lowest BCUT2D eigenvalue weighted by molar-refractivity contribution is 0.838. The third-order valence-electron chi connectivity index (χ3n) is 20.0. The van der Waals surface area contributed by atoms with Crippen molar-refractivity contribution >= 4 is 99.7 Å². The van der Waals surface area contributed by atoms with E-state index in [9.17, 15) is 0 Å². The van der Waals surface area contributed by atoms with Gasteiger partial charge in [0.05, 0.1) is 0 Å². The van der Waals surface area contributed by atoms with Gasteiger partial charge in [0.15, 0.2) is 0 Å². The molecule has 0 nitrogen and oxygen atoms in total. The number of hydrogen-bond acceptors (Lipinski definition) is 0. The molecule has 0 bridgehead atoms. The highest BCUT2D eigenvalue weighted by atomic mass is 28.3. The summed E-state index contributed by atoms with van der Waals surface area (Å²) < 4.78 is 0. The Morgan fingerprint density at radius 1 is 0.256 bits per heavy atom. The van der Waals surface area contributed by atoms with E-state index in [1.54, 1.807) is 0 Å². The highest BCUT2D eigenvalue weighted by molar-refractivity contribution is 6.92. The predicted octanol–water partition coefficient (Wildman–Crippen LogP) is 22.5. The average Bonchev–Trinajstić information content (AvgIpc) is 3.40. The molecular formula is C74H96Si4. The minimum atomic E-state index is -2.09. The molecule has 1 aliphatic carbocycles. The summed E-state index contributed by atoms with van der Waals surface area (Å²) in [6.45, 7) is 55.6. The smallest absolute Gasteiger partial charge is 0.126 e. The summed E-state index contributed by atoms with van der Waals surface area (Å²) in [7, 11) is -8.23. The zero-order chi connectivity index (χ0) is 57.6. The van der Waals surface area contributed by atoms with E-state index in [1.807, 2.05) is 0 Å².